The first-order chi connectivity index (χ1) is 6.86. The molecule has 0 aromatic rings. The molecule has 0 amide bonds. The van der Waals surface area contributed by atoms with Crippen LogP contribution in [0.2, 0.25) is 0 Å². The van der Waals surface area contributed by atoms with E-state index in [1.54, 1.807) is 0 Å². The summed E-state index contributed by atoms with van der Waals surface area (Å²) >= 11 is 0. The molecular formula is C11H23NO2. The highest BCUT2D eigenvalue weighted by atomic mass is 16.5. The molecule has 1 saturated heterocycles. The van der Waals surface area contributed by atoms with Crippen LogP contribution in [-0.2, 0) is 9.47 Å². The molecule has 1 heterocycles. The Morgan fingerprint density at radius 2 is 2.43 bits per heavy atom. The third-order valence-corrected chi connectivity index (χ3v) is 2.65. The highest BCUT2D eigenvalue weighted by Crippen LogP contribution is 2.16. The van der Waals surface area contributed by atoms with Crippen LogP contribution in [0.3, 0.4) is 0 Å². The summed E-state index contributed by atoms with van der Waals surface area (Å²) in [5.74, 6) is 0. The van der Waals surface area contributed by atoms with E-state index in [2.05, 4.69) is 12.2 Å². The summed E-state index contributed by atoms with van der Waals surface area (Å²) < 4.78 is 11.1. The van der Waals surface area contributed by atoms with E-state index in [9.17, 15) is 0 Å². The fourth-order valence-electron chi connectivity index (χ4n) is 1.79. The standard InChI is InChI=1S/C11H23NO2/c1-3-6-13-9-10(12-2)8-11-5-4-7-14-11/h10-12H,3-9H2,1-2H3. The summed E-state index contributed by atoms with van der Waals surface area (Å²) in [7, 11) is 1.99. The number of nitrogens with one attached hydrogen (secondary N) is 1. The van der Waals surface area contributed by atoms with Crippen molar-refractivity contribution in [3.05, 3.63) is 0 Å². The van der Waals surface area contributed by atoms with Gasteiger partial charge in [0, 0.05) is 19.3 Å². The van der Waals surface area contributed by atoms with Crippen LogP contribution in [0, 0.1) is 0 Å². The van der Waals surface area contributed by atoms with Crippen LogP contribution in [0.25, 0.3) is 0 Å². The average molecular weight is 201 g/mol. The molecule has 3 nitrogen and oxygen atoms in total. The van der Waals surface area contributed by atoms with Crippen molar-refractivity contribution < 1.29 is 9.47 Å². The zero-order valence-electron chi connectivity index (χ0n) is 9.42. The number of hydrogen-bond acceptors (Lipinski definition) is 3. The Balaban J connectivity index is 2.10. The van der Waals surface area contributed by atoms with Gasteiger partial charge in [0.05, 0.1) is 12.7 Å². The highest BCUT2D eigenvalue weighted by Gasteiger charge is 2.19. The normalized spacial score (nSPS) is 24.0. The van der Waals surface area contributed by atoms with E-state index in [1.165, 1.54) is 12.8 Å². The van der Waals surface area contributed by atoms with Gasteiger partial charge in [0.15, 0.2) is 0 Å². The van der Waals surface area contributed by atoms with Gasteiger partial charge in [-0.25, -0.2) is 0 Å². The zero-order valence-corrected chi connectivity index (χ0v) is 9.42. The summed E-state index contributed by atoms with van der Waals surface area (Å²) in [5, 5.41) is 3.28. The smallest absolute Gasteiger partial charge is 0.0620 e. The maximum absolute atomic E-state index is 5.60. The van der Waals surface area contributed by atoms with E-state index < -0.39 is 0 Å². The molecule has 1 aliphatic rings. The molecule has 0 aromatic carbocycles. The minimum Gasteiger partial charge on any atom is -0.380 e. The first kappa shape index (κ1) is 12.0. The van der Waals surface area contributed by atoms with E-state index >= 15 is 0 Å². The van der Waals surface area contributed by atoms with Gasteiger partial charge < -0.3 is 14.8 Å². The third-order valence-electron chi connectivity index (χ3n) is 2.65. The lowest BCUT2D eigenvalue weighted by Gasteiger charge is -2.19. The number of hydrogen-bond donors (Lipinski definition) is 1. The van der Waals surface area contributed by atoms with Crippen LogP contribution < -0.4 is 5.32 Å². The van der Waals surface area contributed by atoms with Gasteiger partial charge in [-0.3, -0.25) is 0 Å². The van der Waals surface area contributed by atoms with Crippen molar-refractivity contribution in [3.8, 4) is 0 Å². The van der Waals surface area contributed by atoms with Crippen LogP contribution in [-0.4, -0.2) is 39.0 Å². The molecule has 2 unspecified atom stereocenters. The van der Waals surface area contributed by atoms with Gasteiger partial charge in [-0.2, -0.15) is 0 Å². The van der Waals surface area contributed by atoms with Gasteiger partial charge in [0.1, 0.15) is 0 Å². The molecule has 3 heteroatoms. The number of ether oxygens (including phenoxy) is 2. The van der Waals surface area contributed by atoms with Gasteiger partial charge >= 0.3 is 0 Å². The minimum absolute atomic E-state index is 0.449. The second kappa shape index (κ2) is 7.21. The van der Waals surface area contributed by atoms with Crippen molar-refractivity contribution in [1.82, 2.24) is 5.32 Å². The summed E-state index contributed by atoms with van der Waals surface area (Å²) in [6.45, 7) is 4.75. The maximum Gasteiger partial charge on any atom is 0.0620 e. The Labute approximate surface area is 87.2 Å². The van der Waals surface area contributed by atoms with Gasteiger partial charge in [-0.05, 0) is 32.7 Å². The molecule has 2 atom stereocenters. The second-order valence-corrected chi connectivity index (χ2v) is 3.93. The average Bonchev–Trinajstić information content (AvgIpc) is 2.69. The lowest BCUT2D eigenvalue weighted by atomic mass is 10.1. The quantitative estimate of drug-likeness (QED) is 0.634. The molecule has 0 radical (unpaired) electrons. The SMILES string of the molecule is CCCOCC(CC1CCCO1)NC. The predicted molar refractivity (Wildman–Crippen MR) is 57.5 cm³/mol. The molecule has 1 aliphatic heterocycles. The van der Waals surface area contributed by atoms with Crippen LogP contribution in [0.4, 0.5) is 0 Å². The minimum atomic E-state index is 0.449. The third kappa shape index (κ3) is 4.40. The van der Waals surface area contributed by atoms with Crippen molar-refractivity contribution >= 4 is 0 Å². The molecule has 0 bridgehead atoms. The van der Waals surface area contributed by atoms with Crippen LogP contribution in [0.1, 0.15) is 32.6 Å². The summed E-state index contributed by atoms with van der Waals surface area (Å²) in [6.07, 6.45) is 5.07. The fourth-order valence-corrected chi connectivity index (χ4v) is 1.79. The predicted octanol–water partition coefficient (Wildman–Crippen LogP) is 1.57. The zero-order chi connectivity index (χ0) is 10.2. The molecule has 0 aliphatic carbocycles. The Bertz CT molecular complexity index is 135. The molecular weight excluding hydrogens is 178 g/mol. The van der Waals surface area contributed by atoms with Gasteiger partial charge in [0.25, 0.3) is 0 Å². The topological polar surface area (TPSA) is 30.5 Å². The Morgan fingerprint density at radius 3 is 3.00 bits per heavy atom. The highest BCUT2D eigenvalue weighted by molar-refractivity contribution is 4.73. The molecule has 1 fully saturated rings. The van der Waals surface area contributed by atoms with E-state index in [0.29, 0.717) is 12.1 Å². The van der Waals surface area contributed by atoms with Crippen LogP contribution in [0.5, 0.6) is 0 Å². The number of likely N-dealkylation sites (N-methyl/N-ethyl adjacent to an activating group) is 1. The number of rotatable bonds is 7. The Morgan fingerprint density at radius 1 is 1.57 bits per heavy atom. The monoisotopic (exact) mass is 201 g/mol. The van der Waals surface area contributed by atoms with Crippen LogP contribution in [0.15, 0.2) is 0 Å². The second-order valence-electron chi connectivity index (χ2n) is 3.93. The van der Waals surface area contributed by atoms with Crippen LogP contribution >= 0.6 is 0 Å². The summed E-state index contributed by atoms with van der Waals surface area (Å²) in [5.41, 5.74) is 0. The maximum atomic E-state index is 5.60. The van der Waals surface area contributed by atoms with E-state index in [0.717, 1.165) is 32.7 Å². The van der Waals surface area contributed by atoms with Gasteiger partial charge in [-0.15, -0.1) is 0 Å². The lowest BCUT2D eigenvalue weighted by molar-refractivity contribution is 0.0655. The molecule has 1 N–H and O–H groups in total. The molecule has 0 aromatic heterocycles. The lowest BCUT2D eigenvalue weighted by Crippen LogP contribution is -2.34. The van der Waals surface area contributed by atoms with Crippen molar-refractivity contribution in [3.63, 3.8) is 0 Å². The molecule has 0 spiro atoms. The van der Waals surface area contributed by atoms with Gasteiger partial charge in [-0.1, -0.05) is 6.92 Å². The Kier molecular flexibility index (Phi) is 6.15. The van der Waals surface area contributed by atoms with E-state index in [1.807, 2.05) is 7.05 Å². The molecule has 1 rings (SSSR count). The van der Waals surface area contributed by atoms with E-state index in [4.69, 9.17) is 9.47 Å². The largest absolute Gasteiger partial charge is 0.380 e. The van der Waals surface area contributed by atoms with Crippen molar-refractivity contribution in [1.29, 1.82) is 0 Å². The molecule has 84 valence electrons. The molecule has 0 saturated carbocycles. The van der Waals surface area contributed by atoms with Crippen molar-refractivity contribution in [2.24, 2.45) is 0 Å². The first-order valence-corrected chi connectivity index (χ1v) is 5.73. The summed E-state index contributed by atoms with van der Waals surface area (Å²) in [6, 6.07) is 0.449. The van der Waals surface area contributed by atoms with Crippen molar-refractivity contribution in [2.75, 3.05) is 26.9 Å². The summed E-state index contributed by atoms with van der Waals surface area (Å²) in [4.78, 5) is 0. The fraction of sp³-hybridized carbons (Fsp3) is 1.00. The van der Waals surface area contributed by atoms with Crippen molar-refractivity contribution in [2.45, 2.75) is 44.8 Å². The first-order valence-electron chi connectivity index (χ1n) is 5.73. The Hall–Kier alpha value is -0.120. The van der Waals surface area contributed by atoms with E-state index in [-0.39, 0.29) is 0 Å². The van der Waals surface area contributed by atoms with Gasteiger partial charge in [0.2, 0.25) is 0 Å². The molecule has 14 heavy (non-hydrogen) atoms.